The van der Waals surface area contributed by atoms with Gasteiger partial charge in [0.05, 0.1) is 5.56 Å². The maximum atomic E-state index is 12.5. The summed E-state index contributed by atoms with van der Waals surface area (Å²) in [7, 11) is 0. The van der Waals surface area contributed by atoms with E-state index in [4.69, 9.17) is 5.73 Å². The summed E-state index contributed by atoms with van der Waals surface area (Å²) in [4.78, 5) is 13.1. The number of fused-ring (bicyclic) bond motifs is 1. The molecule has 2 aromatic carbocycles. The summed E-state index contributed by atoms with van der Waals surface area (Å²) in [5.74, 6) is -0.240. The fraction of sp³-hybridized carbons (Fsp3) is 0. The Morgan fingerprint density at radius 2 is 1.75 bits per heavy atom. The van der Waals surface area contributed by atoms with Crippen molar-refractivity contribution in [3.8, 4) is 0 Å². The van der Waals surface area contributed by atoms with Gasteiger partial charge in [0, 0.05) is 20.3 Å². The third kappa shape index (κ3) is 2.06. The van der Waals surface area contributed by atoms with Gasteiger partial charge < -0.3 is 10.3 Å². The number of nitrogens with two attached hydrogens (primary N) is 1. The number of ketones is 1. The van der Waals surface area contributed by atoms with Crippen LogP contribution in [-0.2, 0) is 11.2 Å². The van der Waals surface area contributed by atoms with Crippen molar-refractivity contribution in [3.05, 3.63) is 68.1 Å². The number of allylic oxidation sites excluding steroid dienone is 1. The van der Waals surface area contributed by atoms with Crippen LogP contribution in [0.25, 0.3) is 5.70 Å². The van der Waals surface area contributed by atoms with Crippen molar-refractivity contribution in [1.82, 2.24) is 0 Å². The summed E-state index contributed by atoms with van der Waals surface area (Å²) in [6, 6.07) is 14.4. The SMILES string of the molecule is NC(=C1C(=O)c2ccccc2[S+]1[O-])c1ccccc1I. The number of Topliss-reactive ketones (excluding diaryl/α,β-unsaturated/α-hetero) is 1. The van der Waals surface area contributed by atoms with E-state index in [-0.39, 0.29) is 10.7 Å². The Balaban J connectivity index is 2.19. The monoisotopic (exact) mass is 395 g/mol. The molecule has 2 aromatic rings. The second-order valence-electron chi connectivity index (χ2n) is 4.32. The Kier molecular flexibility index (Phi) is 3.57. The van der Waals surface area contributed by atoms with Crippen molar-refractivity contribution in [2.45, 2.75) is 4.90 Å². The molecule has 0 aromatic heterocycles. The molecule has 20 heavy (non-hydrogen) atoms. The maximum absolute atomic E-state index is 12.5. The van der Waals surface area contributed by atoms with Gasteiger partial charge in [-0.1, -0.05) is 30.3 Å². The largest absolute Gasteiger partial charge is 0.606 e. The summed E-state index contributed by atoms with van der Waals surface area (Å²) < 4.78 is 13.4. The molecule has 1 aliphatic rings. The van der Waals surface area contributed by atoms with Crippen LogP contribution < -0.4 is 5.73 Å². The summed E-state index contributed by atoms with van der Waals surface area (Å²) in [5, 5.41) is 0. The topological polar surface area (TPSA) is 66.2 Å². The third-order valence-electron chi connectivity index (χ3n) is 3.13. The number of hydrogen-bond donors (Lipinski definition) is 1. The van der Waals surface area contributed by atoms with Gasteiger partial charge in [0.15, 0.2) is 4.90 Å². The van der Waals surface area contributed by atoms with E-state index >= 15 is 0 Å². The van der Waals surface area contributed by atoms with E-state index in [2.05, 4.69) is 22.6 Å². The van der Waals surface area contributed by atoms with Crippen LogP contribution in [0.2, 0.25) is 0 Å². The Hall–Kier alpha value is -1.31. The normalized spacial score (nSPS) is 19.9. The van der Waals surface area contributed by atoms with Gasteiger partial charge in [-0.2, -0.15) is 0 Å². The molecule has 2 N–H and O–H groups in total. The Morgan fingerprint density at radius 1 is 1.10 bits per heavy atom. The molecule has 0 fully saturated rings. The van der Waals surface area contributed by atoms with E-state index in [1.54, 1.807) is 24.3 Å². The van der Waals surface area contributed by atoms with E-state index in [1.807, 2.05) is 24.3 Å². The summed E-state index contributed by atoms with van der Waals surface area (Å²) in [6.07, 6.45) is 0. The molecule has 0 radical (unpaired) electrons. The van der Waals surface area contributed by atoms with Gasteiger partial charge in [-0.05, 0) is 40.8 Å². The summed E-state index contributed by atoms with van der Waals surface area (Å²) >= 11 is 0.649. The lowest BCUT2D eigenvalue weighted by Crippen LogP contribution is -2.12. The van der Waals surface area contributed by atoms with E-state index < -0.39 is 11.2 Å². The Labute approximate surface area is 133 Å². The number of benzene rings is 2. The predicted molar refractivity (Wildman–Crippen MR) is 87.4 cm³/mol. The molecule has 0 aliphatic carbocycles. The Morgan fingerprint density at radius 3 is 2.45 bits per heavy atom. The average Bonchev–Trinajstić information content (AvgIpc) is 2.71. The molecule has 5 heteroatoms. The molecule has 1 unspecified atom stereocenters. The average molecular weight is 395 g/mol. The van der Waals surface area contributed by atoms with Gasteiger partial charge in [0.25, 0.3) is 0 Å². The second kappa shape index (κ2) is 5.23. The van der Waals surface area contributed by atoms with Crippen molar-refractivity contribution in [2.75, 3.05) is 0 Å². The van der Waals surface area contributed by atoms with Crippen LogP contribution in [0.1, 0.15) is 15.9 Å². The smallest absolute Gasteiger partial charge is 0.248 e. The van der Waals surface area contributed by atoms with Crippen LogP contribution in [0.15, 0.2) is 58.3 Å². The zero-order valence-corrected chi connectivity index (χ0v) is 13.3. The first-order chi connectivity index (χ1) is 9.61. The maximum Gasteiger partial charge on any atom is 0.248 e. The van der Waals surface area contributed by atoms with E-state index in [9.17, 15) is 9.35 Å². The van der Waals surface area contributed by atoms with Gasteiger partial charge in [-0.3, -0.25) is 4.79 Å². The lowest BCUT2D eigenvalue weighted by atomic mass is 10.1. The molecule has 1 atom stereocenters. The van der Waals surface area contributed by atoms with Crippen molar-refractivity contribution in [2.24, 2.45) is 5.73 Å². The van der Waals surface area contributed by atoms with Crippen molar-refractivity contribution < 1.29 is 9.35 Å². The molecule has 1 heterocycles. The summed E-state index contributed by atoms with van der Waals surface area (Å²) in [5.41, 5.74) is 7.65. The van der Waals surface area contributed by atoms with Crippen LogP contribution in [-0.4, -0.2) is 10.3 Å². The molecule has 0 spiro atoms. The summed E-state index contributed by atoms with van der Waals surface area (Å²) in [6.45, 7) is 0. The first-order valence-corrected chi connectivity index (χ1v) is 8.14. The van der Waals surface area contributed by atoms with Crippen LogP contribution in [0.5, 0.6) is 0 Å². The number of carbonyl (C=O) groups excluding carboxylic acids is 1. The van der Waals surface area contributed by atoms with Crippen molar-refractivity contribution in [3.63, 3.8) is 0 Å². The number of carbonyl (C=O) groups is 1. The highest BCUT2D eigenvalue weighted by atomic mass is 127. The van der Waals surface area contributed by atoms with Gasteiger partial charge >= 0.3 is 0 Å². The van der Waals surface area contributed by atoms with Crippen LogP contribution in [0.3, 0.4) is 0 Å². The van der Waals surface area contributed by atoms with Gasteiger partial charge in [-0.25, -0.2) is 0 Å². The van der Waals surface area contributed by atoms with Crippen LogP contribution in [0, 0.1) is 3.57 Å². The van der Waals surface area contributed by atoms with E-state index in [0.29, 0.717) is 16.2 Å². The minimum atomic E-state index is -1.50. The van der Waals surface area contributed by atoms with E-state index in [1.165, 1.54) is 0 Å². The van der Waals surface area contributed by atoms with Crippen molar-refractivity contribution >= 4 is 45.2 Å². The van der Waals surface area contributed by atoms with Crippen molar-refractivity contribution in [1.29, 1.82) is 0 Å². The highest BCUT2D eigenvalue weighted by Crippen LogP contribution is 2.37. The highest BCUT2D eigenvalue weighted by Gasteiger charge is 2.41. The number of halogens is 1. The zero-order chi connectivity index (χ0) is 14.3. The molecule has 0 bridgehead atoms. The lowest BCUT2D eigenvalue weighted by molar-refractivity contribution is 0.104. The molecule has 100 valence electrons. The molecule has 0 saturated carbocycles. The molecular weight excluding hydrogens is 385 g/mol. The van der Waals surface area contributed by atoms with Crippen LogP contribution >= 0.6 is 22.6 Å². The second-order valence-corrected chi connectivity index (χ2v) is 6.86. The standard InChI is InChI=1S/C15H10INO2S/c16-11-7-3-1-5-9(11)13(17)15-14(18)10-6-2-4-8-12(10)20(15)19/h1-8H,17H2. The minimum absolute atomic E-state index is 0.190. The highest BCUT2D eigenvalue weighted by molar-refractivity contribution is 14.1. The van der Waals surface area contributed by atoms with E-state index in [0.717, 1.165) is 9.13 Å². The Bertz CT molecular complexity index is 742. The number of hydrogen-bond acceptors (Lipinski definition) is 3. The fourth-order valence-electron chi connectivity index (χ4n) is 2.16. The molecule has 3 nitrogen and oxygen atoms in total. The van der Waals surface area contributed by atoms with Gasteiger partial charge in [0.1, 0.15) is 5.70 Å². The molecular formula is C15H10INO2S. The number of rotatable bonds is 1. The first-order valence-electron chi connectivity index (χ1n) is 5.91. The molecule has 0 saturated heterocycles. The third-order valence-corrected chi connectivity index (χ3v) is 5.60. The lowest BCUT2D eigenvalue weighted by Gasteiger charge is -2.09. The van der Waals surface area contributed by atoms with Gasteiger partial charge in [-0.15, -0.1) is 0 Å². The quantitative estimate of drug-likeness (QED) is 0.459. The predicted octanol–water partition coefficient (Wildman–Crippen LogP) is 2.92. The molecule has 1 aliphatic heterocycles. The van der Waals surface area contributed by atoms with Gasteiger partial charge in [0.2, 0.25) is 10.7 Å². The fourth-order valence-corrected chi connectivity index (χ4v) is 4.21. The molecule has 0 amide bonds. The molecule has 3 rings (SSSR count). The van der Waals surface area contributed by atoms with Crippen LogP contribution in [0.4, 0.5) is 0 Å². The zero-order valence-electron chi connectivity index (χ0n) is 10.3. The minimum Gasteiger partial charge on any atom is -0.606 e. The first kappa shape index (κ1) is 13.7.